The van der Waals surface area contributed by atoms with Crippen molar-refractivity contribution in [2.24, 2.45) is 5.92 Å². The quantitative estimate of drug-likeness (QED) is 0.302. The van der Waals surface area contributed by atoms with Crippen LogP contribution in [-0.2, 0) is 13.6 Å². The highest BCUT2D eigenvalue weighted by Crippen LogP contribution is 2.41. The van der Waals surface area contributed by atoms with Gasteiger partial charge in [-0.15, -0.1) is 0 Å². The minimum atomic E-state index is -3.84. The largest absolute Gasteiger partial charge is 0.608 e. The van der Waals surface area contributed by atoms with Crippen molar-refractivity contribution >= 4 is 7.82 Å². The monoisotopic (exact) mass is 334 g/mol. The lowest BCUT2D eigenvalue weighted by Crippen LogP contribution is -3.12. The van der Waals surface area contributed by atoms with E-state index < -0.39 is 7.82 Å². The fraction of sp³-hybridized carbons (Fsp3) is 0.714. The molecular formula is C14H27N2O5P. The molecule has 0 saturated heterocycles. The lowest BCUT2D eigenvalue weighted by Gasteiger charge is -2.24. The first-order chi connectivity index (χ1) is 10.4. The van der Waals surface area contributed by atoms with E-state index in [-0.39, 0.29) is 11.8 Å². The van der Waals surface area contributed by atoms with Gasteiger partial charge >= 0.3 is 7.82 Å². The number of phosphoric ester groups is 1. The van der Waals surface area contributed by atoms with Crippen LogP contribution >= 0.6 is 7.82 Å². The van der Waals surface area contributed by atoms with Gasteiger partial charge in [0.25, 0.3) is 0 Å². The van der Waals surface area contributed by atoms with Crippen LogP contribution in [0.5, 0.6) is 0 Å². The first-order valence-corrected chi connectivity index (χ1v) is 9.14. The molecule has 0 amide bonds. The van der Waals surface area contributed by atoms with Gasteiger partial charge in [0.2, 0.25) is 0 Å². The summed E-state index contributed by atoms with van der Waals surface area (Å²) in [5.74, 6) is 0.506. The maximum absolute atomic E-state index is 11.9. The molecule has 1 aliphatic carbocycles. The molecular weight excluding hydrogens is 307 g/mol. The highest BCUT2D eigenvalue weighted by atomic mass is 31.2. The highest BCUT2D eigenvalue weighted by Gasteiger charge is 2.17. The summed E-state index contributed by atoms with van der Waals surface area (Å²) >= 11 is 0. The summed E-state index contributed by atoms with van der Waals surface area (Å²) in [5, 5.41) is 11.8. The van der Waals surface area contributed by atoms with Gasteiger partial charge in [0.05, 0.1) is 6.61 Å². The number of hydrogen-bond acceptors (Lipinski definition) is 5. The fourth-order valence-electron chi connectivity index (χ4n) is 2.01. The number of hydrogen-bond donors (Lipinski definition) is 3. The van der Waals surface area contributed by atoms with Crippen LogP contribution in [0.2, 0.25) is 0 Å². The Kier molecular flexibility index (Phi) is 9.12. The van der Waals surface area contributed by atoms with Crippen LogP contribution < -0.4 is 10.6 Å². The zero-order valence-electron chi connectivity index (χ0n) is 13.3. The molecule has 0 radical (unpaired) electrons. The van der Waals surface area contributed by atoms with Gasteiger partial charge < -0.3 is 10.1 Å². The summed E-state index contributed by atoms with van der Waals surface area (Å²) in [5.41, 5.74) is 3.64. The van der Waals surface area contributed by atoms with E-state index in [1.54, 1.807) is 0 Å². The molecule has 22 heavy (non-hydrogen) atoms. The van der Waals surface area contributed by atoms with Gasteiger partial charge in [0.15, 0.2) is 0 Å². The summed E-state index contributed by atoms with van der Waals surface area (Å²) in [4.78, 5) is 9.02. The van der Waals surface area contributed by atoms with Crippen LogP contribution in [-0.4, -0.2) is 25.2 Å². The SMILES string of the molecule is COP(=O)(O)OCCCCCCN[NH+]([O-])C1=CCC(C)C=C1. The third-order valence-electron chi connectivity index (χ3n) is 3.42. The van der Waals surface area contributed by atoms with Gasteiger partial charge in [-0.2, -0.15) is 5.43 Å². The van der Waals surface area contributed by atoms with Crippen molar-refractivity contribution in [3.63, 3.8) is 0 Å². The molecule has 0 bridgehead atoms. The molecule has 0 aliphatic heterocycles. The number of unbranched alkanes of at least 4 members (excludes halogenated alkanes) is 3. The van der Waals surface area contributed by atoms with Crippen molar-refractivity contribution in [3.8, 4) is 0 Å². The molecule has 0 saturated carbocycles. The lowest BCUT2D eigenvalue weighted by molar-refractivity contribution is -0.853. The van der Waals surface area contributed by atoms with Crippen LogP contribution in [0.4, 0.5) is 0 Å². The van der Waals surface area contributed by atoms with Crippen molar-refractivity contribution in [1.29, 1.82) is 0 Å². The Morgan fingerprint density at radius 3 is 2.82 bits per heavy atom. The Morgan fingerprint density at radius 1 is 1.45 bits per heavy atom. The third kappa shape index (κ3) is 8.19. The van der Waals surface area contributed by atoms with E-state index >= 15 is 0 Å². The Bertz CT molecular complexity index is 427. The van der Waals surface area contributed by atoms with Gasteiger partial charge in [0.1, 0.15) is 5.70 Å². The topological polar surface area (TPSA) is 95.3 Å². The summed E-state index contributed by atoms with van der Waals surface area (Å²) in [6.45, 7) is 2.95. The number of allylic oxidation sites excluding steroid dienone is 3. The van der Waals surface area contributed by atoms with Gasteiger partial charge in [-0.05, 0) is 37.3 Å². The van der Waals surface area contributed by atoms with Gasteiger partial charge in [-0.3, -0.25) is 14.2 Å². The van der Waals surface area contributed by atoms with Crippen molar-refractivity contribution in [1.82, 2.24) is 5.43 Å². The molecule has 0 aromatic heterocycles. The smallest absolute Gasteiger partial charge is 0.471 e. The van der Waals surface area contributed by atoms with E-state index in [2.05, 4.69) is 22.9 Å². The molecule has 0 fully saturated rings. The number of rotatable bonds is 11. The third-order valence-corrected chi connectivity index (χ3v) is 4.39. The molecule has 8 heteroatoms. The molecule has 3 N–H and O–H groups in total. The predicted molar refractivity (Wildman–Crippen MR) is 84.6 cm³/mol. The summed E-state index contributed by atoms with van der Waals surface area (Å²) in [6, 6.07) is 0. The van der Waals surface area contributed by atoms with Crippen molar-refractivity contribution in [2.45, 2.75) is 39.0 Å². The van der Waals surface area contributed by atoms with E-state index in [0.29, 0.717) is 18.9 Å². The molecule has 3 unspecified atom stereocenters. The molecule has 128 valence electrons. The molecule has 0 spiro atoms. The van der Waals surface area contributed by atoms with Gasteiger partial charge in [0, 0.05) is 13.7 Å². The van der Waals surface area contributed by atoms with E-state index in [1.165, 1.54) is 0 Å². The van der Waals surface area contributed by atoms with Gasteiger partial charge in [-0.25, -0.2) is 4.57 Å². The number of hydroxylamine groups is 1. The molecule has 7 nitrogen and oxygen atoms in total. The molecule has 0 heterocycles. The van der Waals surface area contributed by atoms with E-state index in [0.717, 1.165) is 38.5 Å². The summed E-state index contributed by atoms with van der Waals surface area (Å²) < 4.78 is 20.0. The first-order valence-electron chi connectivity index (χ1n) is 7.64. The molecule has 0 aromatic carbocycles. The van der Waals surface area contributed by atoms with Crippen molar-refractivity contribution < 1.29 is 23.7 Å². The molecule has 0 aromatic rings. The van der Waals surface area contributed by atoms with Crippen LogP contribution in [0.3, 0.4) is 0 Å². The minimum Gasteiger partial charge on any atom is -0.608 e. The standard InChI is InChI=1S/C14H27N2O5P/c1-13-7-9-14(10-8-13)16(17)15-11-5-3-4-6-12-21-22(18,19)20-2/h7,9-10,13,15-16H,3-6,8,11-12H2,1-2H3,(H,18,19). The van der Waals surface area contributed by atoms with E-state index in [9.17, 15) is 9.77 Å². The second-order valence-corrected chi connectivity index (χ2v) is 6.95. The molecule has 1 aliphatic rings. The average Bonchev–Trinajstić information content (AvgIpc) is 2.50. The van der Waals surface area contributed by atoms with E-state index in [4.69, 9.17) is 9.42 Å². The Balaban J connectivity index is 2.00. The Labute approximate surface area is 132 Å². The zero-order valence-corrected chi connectivity index (χ0v) is 14.2. The molecule has 1 rings (SSSR count). The highest BCUT2D eigenvalue weighted by molar-refractivity contribution is 7.47. The Hall–Kier alpha value is -0.530. The predicted octanol–water partition coefficient (Wildman–Crippen LogP) is 1.68. The molecule has 3 atom stereocenters. The number of quaternary nitrogens is 1. The first kappa shape index (κ1) is 19.5. The van der Waals surface area contributed by atoms with Crippen molar-refractivity contribution in [3.05, 3.63) is 29.1 Å². The van der Waals surface area contributed by atoms with Gasteiger partial charge in [-0.1, -0.05) is 25.8 Å². The average molecular weight is 334 g/mol. The lowest BCUT2D eigenvalue weighted by atomic mass is 10.0. The fourth-order valence-corrected chi connectivity index (χ4v) is 2.48. The van der Waals surface area contributed by atoms with Crippen LogP contribution in [0, 0.1) is 11.1 Å². The van der Waals surface area contributed by atoms with Crippen molar-refractivity contribution in [2.75, 3.05) is 20.3 Å². The second kappa shape index (κ2) is 10.3. The van der Waals surface area contributed by atoms with Crippen LogP contribution in [0.1, 0.15) is 39.0 Å². The number of nitrogens with one attached hydrogen (secondary N) is 2. The van der Waals surface area contributed by atoms with Crippen LogP contribution in [0.25, 0.3) is 0 Å². The maximum atomic E-state index is 11.9. The number of phosphoric acid groups is 1. The maximum Gasteiger partial charge on any atom is 0.471 e. The Morgan fingerprint density at radius 2 is 2.18 bits per heavy atom. The van der Waals surface area contributed by atoms with E-state index in [1.807, 2.05) is 12.2 Å². The minimum absolute atomic E-state index is 0.0206. The summed E-state index contributed by atoms with van der Waals surface area (Å²) in [7, 11) is -2.70. The second-order valence-electron chi connectivity index (χ2n) is 5.39. The zero-order chi connectivity index (χ0) is 16.4. The summed E-state index contributed by atoms with van der Waals surface area (Å²) in [6.07, 6.45) is 10.2. The normalized spacial score (nSPS) is 22.2. The van der Waals surface area contributed by atoms with Crippen LogP contribution in [0.15, 0.2) is 23.9 Å².